The summed E-state index contributed by atoms with van der Waals surface area (Å²) >= 11 is 5.95. The van der Waals surface area contributed by atoms with Crippen LogP contribution >= 0.6 is 11.6 Å². The number of aliphatic carboxylic acids is 1. The summed E-state index contributed by atoms with van der Waals surface area (Å²) in [5.74, 6) is -2.10. The number of hydrogen-bond acceptors (Lipinski definition) is 5. The van der Waals surface area contributed by atoms with Crippen LogP contribution in [-0.4, -0.2) is 48.6 Å². The highest BCUT2D eigenvalue weighted by Gasteiger charge is 2.44. The maximum atomic E-state index is 12.1. The molecule has 1 aliphatic rings. The zero-order chi connectivity index (χ0) is 17.4. The third kappa shape index (κ3) is 4.14. The van der Waals surface area contributed by atoms with E-state index in [1.54, 1.807) is 32.0 Å². The summed E-state index contributed by atoms with van der Waals surface area (Å²) in [5, 5.41) is 19.5. The Bertz CT molecular complexity index is 718. The van der Waals surface area contributed by atoms with Gasteiger partial charge in [-0.2, -0.15) is 0 Å². The van der Waals surface area contributed by atoms with Crippen molar-refractivity contribution in [3.05, 3.63) is 28.8 Å². The van der Waals surface area contributed by atoms with Crippen molar-refractivity contribution in [3.8, 4) is 5.75 Å². The highest BCUT2D eigenvalue weighted by Crippen LogP contribution is 2.42. The molecule has 0 aromatic heterocycles. The lowest BCUT2D eigenvalue weighted by atomic mass is 9.82. The van der Waals surface area contributed by atoms with Crippen molar-refractivity contribution in [3.63, 3.8) is 0 Å². The highest BCUT2D eigenvalue weighted by atomic mass is 35.5. The molecule has 7 nitrogen and oxygen atoms in total. The first-order chi connectivity index (χ1) is 10.5. The molecule has 1 heterocycles. The van der Waals surface area contributed by atoms with Gasteiger partial charge in [0.15, 0.2) is 0 Å². The molecular formula is C14H18ClNO6S. The zero-order valence-electron chi connectivity index (χ0n) is 12.6. The minimum absolute atomic E-state index is 0.389. The standard InChI is InChI=1S/C14H18ClNO6S/c1-14(2)13(19)10(7-23(20,21)16-6-12(17)18)9-5-8(15)3-4-11(9)22-14/h3-5,10,13,16,19H,6-7H2,1-2H3,(H,17,18). The SMILES string of the molecule is CC1(C)Oc2ccc(Cl)cc2C(CS(=O)(=O)NCC(=O)O)C1O. The van der Waals surface area contributed by atoms with Crippen LogP contribution in [0.15, 0.2) is 18.2 Å². The van der Waals surface area contributed by atoms with Crippen molar-refractivity contribution in [2.75, 3.05) is 12.3 Å². The molecule has 0 saturated heterocycles. The van der Waals surface area contributed by atoms with Gasteiger partial charge < -0.3 is 14.9 Å². The Morgan fingerprint density at radius 1 is 1.43 bits per heavy atom. The van der Waals surface area contributed by atoms with Crippen molar-refractivity contribution in [1.29, 1.82) is 0 Å². The van der Waals surface area contributed by atoms with E-state index in [-0.39, 0.29) is 0 Å². The van der Waals surface area contributed by atoms with Gasteiger partial charge in [0.25, 0.3) is 0 Å². The van der Waals surface area contributed by atoms with Crippen LogP contribution in [0.25, 0.3) is 0 Å². The summed E-state index contributed by atoms with van der Waals surface area (Å²) < 4.78 is 31.9. The number of carbonyl (C=O) groups is 1. The van der Waals surface area contributed by atoms with E-state index in [0.29, 0.717) is 16.3 Å². The molecule has 0 aliphatic carbocycles. The molecule has 128 valence electrons. The van der Waals surface area contributed by atoms with E-state index in [4.69, 9.17) is 21.4 Å². The quantitative estimate of drug-likeness (QED) is 0.718. The number of aliphatic hydroxyl groups excluding tert-OH is 1. The van der Waals surface area contributed by atoms with Gasteiger partial charge in [-0.25, -0.2) is 13.1 Å². The maximum absolute atomic E-state index is 12.1. The Morgan fingerprint density at radius 2 is 2.09 bits per heavy atom. The molecule has 0 spiro atoms. The van der Waals surface area contributed by atoms with Crippen LogP contribution in [-0.2, 0) is 14.8 Å². The lowest BCUT2D eigenvalue weighted by Crippen LogP contribution is -2.51. The zero-order valence-corrected chi connectivity index (χ0v) is 14.2. The first-order valence-electron chi connectivity index (χ1n) is 6.87. The summed E-state index contributed by atoms with van der Waals surface area (Å²) in [7, 11) is -3.90. The van der Waals surface area contributed by atoms with Crippen LogP contribution in [0.1, 0.15) is 25.3 Å². The lowest BCUT2D eigenvalue weighted by Gasteiger charge is -2.42. The van der Waals surface area contributed by atoms with Crippen molar-refractivity contribution in [2.45, 2.75) is 31.5 Å². The van der Waals surface area contributed by atoms with Crippen LogP contribution < -0.4 is 9.46 Å². The first-order valence-corrected chi connectivity index (χ1v) is 8.90. The predicted molar refractivity (Wildman–Crippen MR) is 84.3 cm³/mol. The summed E-state index contributed by atoms with van der Waals surface area (Å²) in [5.41, 5.74) is -0.515. The molecule has 1 aromatic carbocycles. The second-order valence-corrected chi connectivity index (χ2v) is 8.22. The Hall–Kier alpha value is -1.35. The monoisotopic (exact) mass is 363 g/mol. The third-order valence-corrected chi connectivity index (χ3v) is 5.30. The number of rotatable bonds is 5. The molecule has 0 saturated carbocycles. The summed E-state index contributed by atoms with van der Waals surface area (Å²) in [6, 6.07) is 4.78. The Balaban J connectivity index is 2.36. The van der Waals surface area contributed by atoms with E-state index < -0.39 is 45.9 Å². The fraction of sp³-hybridized carbons (Fsp3) is 0.500. The third-order valence-electron chi connectivity index (χ3n) is 3.68. The van der Waals surface area contributed by atoms with Gasteiger partial charge in [0.1, 0.15) is 24.0 Å². The number of fused-ring (bicyclic) bond motifs is 1. The molecule has 0 amide bonds. The molecular weight excluding hydrogens is 346 g/mol. The van der Waals surface area contributed by atoms with Crippen molar-refractivity contribution in [1.82, 2.24) is 4.72 Å². The number of halogens is 1. The van der Waals surface area contributed by atoms with Crippen LogP contribution in [0.2, 0.25) is 5.02 Å². The minimum Gasteiger partial charge on any atom is -0.485 e. The van der Waals surface area contributed by atoms with Crippen molar-refractivity contribution >= 4 is 27.6 Å². The van der Waals surface area contributed by atoms with E-state index >= 15 is 0 Å². The van der Waals surface area contributed by atoms with Crippen LogP contribution in [0.3, 0.4) is 0 Å². The molecule has 1 aliphatic heterocycles. The molecule has 1 aromatic rings. The largest absolute Gasteiger partial charge is 0.485 e. The second kappa shape index (κ2) is 6.27. The van der Waals surface area contributed by atoms with Gasteiger partial charge in [-0.1, -0.05) is 11.6 Å². The lowest BCUT2D eigenvalue weighted by molar-refractivity contribution is -0.135. The van der Waals surface area contributed by atoms with E-state index in [2.05, 4.69) is 0 Å². The summed E-state index contributed by atoms with van der Waals surface area (Å²) in [6.45, 7) is 2.59. The van der Waals surface area contributed by atoms with E-state index in [9.17, 15) is 18.3 Å². The normalized spacial score (nSPS) is 23.0. The van der Waals surface area contributed by atoms with Gasteiger partial charge >= 0.3 is 5.97 Å². The highest BCUT2D eigenvalue weighted by molar-refractivity contribution is 7.89. The van der Waals surface area contributed by atoms with Gasteiger partial charge in [0, 0.05) is 16.5 Å². The Kier molecular flexibility index (Phi) is 4.91. The Morgan fingerprint density at radius 3 is 2.70 bits per heavy atom. The average Bonchev–Trinajstić information content (AvgIpc) is 2.43. The molecule has 2 unspecified atom stereocenters. The predicted octanol–water partition coefficient (Wildman–Crippen LogP) is 0.960. The molecule has 0 fully saturated rings. The number of carboxylic acid groups (broad SMARTS) is 1. The van der Waals surface area contributed by atoms with Crippen LogP contribution in [0.5, 0.6) is 5.75 Å². The van der Waals surface area contributed by atoms with Gasteiger partial charge in [-0.05, 0) is 32.0 Å². The van der Waals surface area contributed by atoms with Crippen molar-refractivity contribution in [2.24, 2.45) is 0 Å². The minimum atomic E-state index is -3.90. The van der Waals surface area contributed by atoms with E-state index in [1.165, 1.54) is 0 Å². The van der Waals surface area contributed by atoms with Gasteiger partial charge in [-0.15, -0.1) is 0 Å². The summed E-state index contributed by atoms with van der Waals surface area (Å²) in [6.07, 6.45) is -1.10. The number of aliphatic hydroxyl groups is 1. The molecule has 3 N–H and O–H groups in total. The summed E-state index contributed by atoms with van der Waals surface area (Å²) in [4.78, 5) is 10.5. The number of ether oxygens (including phenoxy) is 1. The van der Waals surface area contributed by atoms with Crippen LogP contribution in [0, 0.1) is 0 Å². The number of sulfonamides is 1. The number of nitrogens with one attached hydrogen (secondary N) is 1. The Labute approximate surface area is 139 Å². The van der Waals surface area contributed by atoms with E-state index in [1.807, 2.05) is 4.72 Å². The topological polar surface area (TPSA) is 113 Å². The molecule has 2 rings (SSSR count). The maximum Gasteiger partial charge on any atom is 0.318 e. The van der Waals surface area contributed by atoms with Crippen molar-refractivity contribution < 1.29 is 28.2 Å². The van der Waals surface area contributed by atoms with E-state index in [0.717, 1.165) is 0 Å². The first kappa shape index (κ1) is 18.0. The van der Waals surface area contributed by atoms with Gasteiger partial charge in [0.2, 0.25) is 10.0 Å². The van der Waals surface area contributed by atoms with Crippen LogP contribution in [0.4, 0.5) is 0 Å². The fourth-order valence-electron chi connectivity index (χ4n) is 2.55. The second-order valence-electron chi connectivity index (χ2n) is 5.94. The molecule has 2 atom stereocenters. The van der Waals surface area contributed by atoms with Gasteiger partial charge in [0.05, 0.1) is 5.75 Å². The smallest absolute Gasteiger partial charge is 0.318 e. The molecule has 23 heavy (non-hydrogen) atoms. The molecule has 0 radical (unpaired) electrons. The van der Waals surface area contributed by atoms with Gasteiger partial charge in [-0.3, -0.25) is 4.79 Å². The number of carboxylic acids is 1. The number of benzene rings is 1. The molecule has 9 heteroatoms. The number of hydrogen-bond donors (Lipinski definition) is 3. The molecule has 0 bridgehead atoms. The fourth-order valence-corrected chi connectivity index (χ4v) is 4.02. The average molecular weight is 364 g/mol.